The molecule has 1 aliphatic carbocycles. The first kappa shape index (κ1) is 26.0. The van der Waals surface area contributed by atoms with Gasteiger partial charge < -0.3 is 10.6 Å². The van der Waals surface area contributed by atoms with E-state index < -0.39 is 29.9 Å². The second-order valence-electron chi connectivity index (χ2n) is 9.67. The molecule has 0 spiro atoms. The van der Waals surface area contributed by atoms with Crippen molar-refractivity contribution in [3.05, 3.63) is 45.6 Å². The van der Waals surface area contributed by atoms with Crippen molar-refractivity contribution < 1.29 is 18.0 Å². The van der Waals surface area contributed by atoms with Gasteiger partial charge in [-0.2, -0.15) is 18.3 Å². The molecule has 186 valence electrons. The number of hydrogen-bond donors (Lipinski definition) is 2. The largest absolute Gasteiger partial charge is 0.433 e. The number of halogens is 4. The Kier molecular flexibility index (Phi) is 7.31. The van der Waals surface area contributed by atoms with Gasteiger partial charge in [0.05, 0.1) is 23.8 Å². The molecular formula is C23H29ClF3N5O2. The highest BCUT2D eigenvalue weighted by Gasteiger charge is 2.43. The zero-order valence-corrected chi connectivity index (χ0v) is 20.5. The molecule has 7 nitrogen and oxygen atoms in total. The van der Waals surface area contributed by atoms with E-state index >= 15 is 0 Å². The van der Waals surface area contributed by atoms with Crippen LogP contribution in [0.2, 0.25) is 5.02 Å². The minimum absolute atomic E-state index is 0.0629. The summed E-state index contributed by atoms with van der Waals surface area (Å²) in [6.07, 6.45) is -1.35. The summed E-state index contributed by atoms with van der Waals surface area (Å²) in [5, 5.41) is 9.74. The van der Waals surface area contributed by atoms with Crippen molar-refractivity contribution >= 4 is 28.9 Å². The number of carbonyl (C=O) groups is 1. The van der Waals surface area contributed by atoms with E-state index in [1.807, 2.05) is 0 Å². The summed E-state index contributed by atoms with van der Waals surface area (Å²) < 4.78 is 38.7. The lowest BCUT2D eigenvalue weighted by Crippen LogP contribution is -2.48. The SMILES string of the molecule is C[C@@H]1[C@@H](C)C(C)(C)[C@@H](C)C[C@H]1Nc1cnn(CC(=O)Nc2ccc(C(F)(F)F)nc2)c(=O)c1Cl. The van der Waals surface area contributed by atoms with E-state index in [1.54, 1.807) is 0 Å². The molecule has 0 bridgehead atoms. The first-order chi connectivity index (χ1) is 15.7. The van der Waals surface area contributed by atoms with E-state index in [-0.39, 0.29) is 22.2 Å². The number of amides is 1. The summed E-state index contributed by atoms with van der Waals surface area (Å²) in [5.41, 5.74) is -1.05. The van der Waals surface area contributed by atoms with Crippen LogP contribution < -0.4 is 16.2 Å². The standard InChI is InChI=1S/C23H29ClF3N5O2/c1-12-8-16(13(2)14(3)22(12,4)5)31-17-10-29-32(21(34)20(17)24)11-19(33)30-15-6-7-18(28-9-15)23(25,26)27/h6-7,9-10,12-14,16,31H,8,11H2,1-5H3,(H,30,33)/t12-,13+,14+,16+/m0/s1. The van der Waals surface area contributed by atoms with Crippen LogP contribution in [-0.4, -0.2) is 26.7 Å². The maximum atomic E-state index is 12.7. The summed E-state index contributed by atoms with van der Waals surface area (Å²) in [6.45, 7) is 10.7. The molecule has 1 aliphatic rings. The Morgan fingerprint density at radius 1 is 1.24 bits per heavy atom. The highest BCUT2D eigenvalue weighted by atomic mass is 35.5. The molecule has 11 heteroatoms. The predicted octanol–water partition coefficient (Wildman–Crippen LogP) is 5.07. The molecule has 2 aromatic rings. The molecule has 1 saturated carbocycles. The molecule has 0 unspecified atom stereocenters. The number of alkyl halides is 3. The Bertz CT molecular complexity index is 1100. The Morgan fingerprint density at radius 3 is 2.50 bits per heavy atom. The summed E-state index contributed by atoms with van der Waals surface area (Å²) >= 11 is 6.31. The second kappa shape index (κ2) is 9.56. The van der Waals surface area contributed by atoms with Gasteiger partial charge in [-0.15, -0.1) is 0 Å². The Balaban J connectivity index is 1.68. The highest BCUT2D eigenvalue weighted by molar-refractivity contribution is 6.32. The van der Waals surface area contributed by atoms with E-state index in [0.29, 0.717) is 23.4 Å². The Morgan fingerprint density at radius 2 is 1.91 bits per heavy atom. The van der Waals surface area contributed by atoms with E-state index in [1.165, 1.54) is 6.20 Å². The van der Waals surface area contributed by atoms with Gasteiger partial charge in [-0.05, 0) is 41.7 Å². The zero-order valence-electron chi connectivity index (χ0n) is 19.7. The number of anilines is 2. The van der Waals surface area contributed by atoms with E-state index in [4.69, 9.17) is 11.6 Å². The fourth-order valence-corrected chi connectivity index (χ4v) is 4.62. The lowest BCUT2D eigenvalue weighted by atomic mass is 9.58. The van der Waals surface area contributed by atoms with Crippen LogP contribution in [-0.2, 0) is 17.5 Å². The second-order valence-corrected chi connectivity index (χ2v) is 10.0. The number of aromatic nitrogens is 3. The topological polar surface area (TPSA) is 88.9 Å². The van der Waals surface area contributed by atoms with E-state index in [9.17, 15) is 22.8 Å². The number of carbonyl (C=O) groups excluding carboxylic acids is 1. The van der Waals surface area contributed by atoms with Crippen molar-refractivity contribution in [1.82, 2.24) is 14.8 Å². The molecule has 0 saturated heterocycles. The molecule has 1 fully saturated rings. The van der Waals surface area contributed by atoms with Crippen LogP contribution >= 0.6 is 11.6 Å². The molecule has 34 heavy (non-hydrogen) atoms. The third kappa shape index (κ3) is 5.37. The van der Waals surface area contributed by atoms with Crippen molar-refractivity contribution in [3.63, 3.8) is 0 Å². The zero-order chi connectivity index (χ0) is 25.4. The average molecular weight is 500 g/mol. The van der Waals surface area contributed by atoms with Gasteiger partial charge >= 0.3 is 6.18 Å². The van der Waals surface area contributed by atoms with Crippen molar-refractivity contribution in [2.45, 2.75) is 59.8 Å². The third-order valence-electron chi connectivity index (χ3n) is 7.43. The Labute approximate surface area is 201 Å². The number of nitrogens with one attached hydrogen (secondary N) is 2. The molecule has 3 rings (SSSR count). The van der Waals surface area contributed by atoms with Gasteiger partial charge in [-0.1, -0.05) is 46.2 Å². The van der Waals surface area contributed by atoms with Gasteiger partial charge in [-0.3, -0.25) is 9.59 Å². The van der Waals surface area contributed by atoms with Gasteiger partial charge in [0.1, 0.15) is 17.3 Å². The Hall–Kier alpha value is -2.62. The van der Waals surface area contributed by atoms with E-state index in [0.717, 1.165) is 29.4 Å². The predicted molar refractivity (Wildman–Crippen MR) is 125 cm³/mol. The lowest BCUT2D eigenvalue weighted by molar-refractivity contribution is -0.141. The van der Waals surface area contributed by atoms with Crippen molar-refractivity contribution in [2.75, 3.05) is 10.6 Å². The fraction of sp³-hybridized carbons (Fsp3) is 0.565. The molecule has 0 aliphatic heterocycles. The number of pyridine rings is 1. The molecular weight excluding hydrogens is 471 g/mol. The molecule has 2 aromatic heterocycles. The van der Waals surface area contributed by atoms with Crippen LogP contribution in [0.3, 0.4) is 0 Å². The van der Waals surface area contributed by atoms with Gasteiger partial charge in [0.25, 0.3) is 5.56 Å². The van der Waals surface area contributed by atoms with Gasteiger partial charge in [-0.25, -0.2) is 9.67 Å². The van der Waals surface area contributed by atoms with Crippen LogP contribution in [0, 0.1) is 23.2 Å². The molecule has 2 heterocycles. The smallest absolute Gasteiger partial charge is 0.379 e. The number of nitrogens with zero attached hydrogens (tertiary/aromatic N) is 3. The molecule has 0 aromatic carbocycles. The average Bonchev–Trinajstić information content (AvgIpc) is 2.75. The van der Waals surface area contributed by atoms with Crippen LogP contribution in [0.15, 0.2) is 29.3 Å². The van der Waals surface area contributed by atoms with Crippen molar-refractivity contribution in [2.24, 2.45) is 23.2 Å². The highest BCUT2D eigenvalue weighted by Crippen LogP contribution is 2.48. The van der Waals surface area contributed by atoms with Gasteiger partial charge in [0.15, 0.2) is 0 Å². The minimum Gasteiger partial charge on any atom is -0.379 e. The molecule has 4 atom stereocenters. The maximum absolute atomic E-state index is 12.7. The maximum Gasteiger partial charge on any atom is 0.433 e. The number of rotatable bonds is 5. The summed E-state index contributed by atoms with van der Waals surface area (Å²) in [4.78, 5) is 28.3. The van der Waals surface area contributed by atoms with Gasteiger partial charge in [0.2, 0.25) is 5.91 Å². The molecule has 1 amide bonds. The summed E-state index contributed by atoms with van der Waals surface area (Å²) in [5.74, 6) is 0.600. The van der Waals surface area contributed by atoms with Crippen molar-refractivity contribution in [1.29, 1.82) is 0 Å². The van der Waals surface area contributed by atoms with Crippen LogP contribution in [0.25, 0.3) is 0 Å². The quantitative estimate of drug-likeness (QED) is 0.599. The minimum atomic E-state index is -4.58. The first-order valence-electron chi connectivity index (χ1n) is 11.1. The van der Waals surface area contributed by atoms with E-state index in [2.05, 4.69) is 55.3 Å². The monoisotopic (exact) mass is 499 g/mol. The van der Waals surface area contributed by atoms with Crippen LogP contribution in [0.5, 0.6) is 0 Å². The lowest BCUT2D eigenvalue weighted by Gasteiger charge is -2.50. The van der Waals surface area contributed by atoms with Crippen LogP contribution in [0.1, 0.15) is 46.7 Å². The molecule has 2 N–H and O–H groups in total. The summed E-state index contributed by atoms with van der Waals surface area (Å²) in [6, 6.07) is 1.95. The van der Waals surface area contributed by atoms with Gasteiger partial charge in [0, 0.05) is 6.04 Å². The van der Waals surface area contributed by atoms with Crippen LogP contribution in [0.4, 0.5) is 24.5 Å². The fourth-order valence-electron chi connectivity index (χ4n) is 4.41. The normalized spacial score (nSPS) is 24.5. The third-order valence-corrected chi connectivity index (χ3v) is 7.80. The number of hydrogen-bond acceptors (Lipinski definition) is 5. The van der Waals surface area contributed by atoms with Crippen molar-refractivity contribution in [3.8, 4) is 0 Å². The summed E-state index contributed by atoms with van der Waals surface area (Å²) in [7, 11) is 0. The molecule has 0 radical (unpaired) electrons. The first-order valence-corrected chi connectivity index (χ1v) is 11.4.